The van der Waals surface area contributed by atoms with E-state index in [2.05, 4.69) is 5.32 Å². The van der Waals surface area contributed by atoms with E-state index in [-0.39, 0.29) is 0 Å². The van der Waals surface area contributed by atoms with Gasteiger partial charge in [-0.25, -0.2) is 17.2 Å². The van der Waals surface area contributed by atoms with Gasteiger partial charge < -0.3 is 5.32 Å². The second-order valence-corrected chi connectivity index (χ2v) is 7.09. The second-order valence-electron chi connectivity index (χ2n) is 4.52. The summed E-state index contributed by atoms with van der Waals surface area (Å²) in [5, 5.41) is 2.42. The number of carbonyl (C=O) groups is 1. The van der Waals surface area contributed by atoms with Gasteiger partial charge in [-0.2, -0.15) is 0 Å². The Morgan fingerprint density at radius 3 is 2.48 bits per heavy atom. The fourth-order valence-corrected chi connectivity index (χ4v) is 2.49. The van der Waals surface area contributed by atoms with Crippen LogP contribution in [-0.2, 0) is 9.05 Å². The van der Waals surface area contributed by atoms with E-state index in [1.165, 1.54) is 0 Å². The van der Waals surface area contributed by atoms with Crippen LogP contribution in [0.25, 0.3) is 0 Å². The fraction of sp³-hybridized carbons (Fsp3) is 0.462. The number of amides is 1. The molecule has 0 unspecified atom stereocenters. The first-order chi connectivity index (χ1) is 9.77. The Hall–Kier alpha value is -1.21. The van der Waals surface area contributed by atoms with Gasteiger partial charge >= 0.3 is 0 Å². The van der Waals surface area contributed by atoms with Gasteiger partial charge in [-0.3, -0.25) is 4.79 Å². The number of rotatable bonds is 7. The summed E-state index contributed by atoms with van der Waals surface area (Å²) in [5.74, 6) is -3.71. The lowest BCUT2D eigenvalue weighted by Crippen LogP contribution is -2.26. The first kappa shape index (κ1) is 17.8. The highest BCUT2D eigenvalue weighted by Crippen LogP contribution is 2.21. The largest absolute Gasteiger partial charge is 0.352 e. The Balaban J connectivity index is 2.86. The van der Waals surface area contributed by atoms with Gasteiger partial charge in [-0.05, 0) is 18.6 Å². The van der Waals surface area contributed by atoms with Crippen molar-refractivity contribution in [3.63, 3.8) is 0 Å². The Morgan fingerprint density at radius 1 is 1.24 bits per heavy atom. The van der Waals surface area contributed by atoms with Crippen LogP contribution in [0, 0.1) is 11.6 Å². The number of unbranched alkanes of at least 4 members (excludes halogenated alkanes) is 3. The summed E-state index contributed by atoms with van der Waals surface area (Å²) >= 11 is 0. The smallest absolute Gasteiger partial charge is 0.261 e. The Morgan fingerprint density at radius 2 is 1.90 bits per heavy atom. The molecular formula is C13H16ClF2NO3S. The molecule has 0 atom stereocenters. The topological polar surface area (TPSA) is 63.2 Å². The van der Waals surface area contributed by atoms with Crippen LogP contribution < -0.4 is 5.32 Å². The van der Waals surface area contributed by atoms with Crippen LogP contribution >= 0.6 is 10.7 Å². The lowest BCUT2D eigenvalue weighted by Gasteiger charge is -2.08. The number of hydrogen-bond acceptors (Lipinski definition) is 3. The van der Waals surface area contributed by atoms with Crippen LogP contribution in [0.3, 0.4) is 0 Å². The molecule has 0 aliphatic heterocycles. The molecule has 21 heavy (non-hydrogen) atoms. The summed E-state index contributed by atoms with van der Waals surface area (Å²) in [6.45, 7) is 2.34. The minimum atomic E-state index is -4.25. The molecular weight excluding hydrogens is 324 g/mol. The summed E-state index contributed by atoms with van der Waals surface area (Å²) in [5.41, 5.74) is -0.676. The Kier molecular flexibility index (Phi) is 6.54. The van der Waals surface area contributed by atoms with Gasteiger partial charge in [0.15, 0.2) is 11.6 Å². The normalized spacial score (nSPS) is 11.4. The summed E-state index contributed by atoms with van der Waals surface area (Å²) in [7, 11) is 0.827. The monoisotopic (exact) mass is 339 g/mol. The number of carbonyl (C=O) groups excluding carboxylic acids is 1. The number of benzene rings is 1. The maximum Gasteiger partial charge on any atom is 0.261 e. The molecule has 4 nitrogen and oxygen atoms in total. The summed E-state index contributed by atoms with van der Waals surface area (Å²) in [4.78, 5) is 11.1. The van der Waals surface area contributed by atoms with E-state index in [1.807, 2.05) is 6.92 Å². The zero-order valence-electron chi connectivity index (χ0n) is 11.5. The van der Waals surface area contributed by atoms with Crippen LogP contribution in [0.1, 0.15) is 43.0 Å². The molecule has 1 aromatic rings. The Bertz CT molecular complexity index is 620. The van der Waals surface area contributed by atoms with Gasteiger partial charge in [-0.1, -0.05) is 26.2 Å². The second kappa shape index (κ2) is 7.70. The standard InChI is InChI=1S/C13H16ClF2NO3S/c1-2-3-4-5-6-17-13(18)10-7-9(21(14,19)20)8-11(15)12(10)16/h7-8H,2-6H2,1H3,(H,17,18). The highest BCUT2D eigenvalue weighted by atomic mass is 35.7. The minimum Gasteiger partial charge on any atom is -0.352 e. The van der Waals surface area contributed by atoms with Crippen LogP contribution in [0.2, 0.25) is 0 Å². The molecule has 0 aliphatic carbocycles. The van der Waals surface area contributed by atoms with Crippen molar-refractivity contribution in [3.05, 3.63) is 29.3 Å². The molecule has 0 saturated carbocycles. The molecule has 0 aromatic heterocycles. The van der Waals surface area contributed by atoms with Crippen molar-refractivity contribution in [1.82, 2.24) is 5.32 Å². The molecule has 0 fully saturated rings. The van der Waals surface area contributed by atoms with E-state index in [0.29, 0.717) is 19.0 Å². The first-order valence-corrected chi connectivity index (χ1v) is 8.80. The van der Waals surface area contributed by atoms with Crippen LogP contribution in [0.15, 0.2) is 17.0 Å². The highest BCUT2D eigenvalue weighted by molar-refractivity contribution is 8.13. The summed E-state index contributed by atoms with van der Waals surface area (Å²) in [6.07, 6.45) is 3.66. The summed E-state index contributed by atoms with van der Waals surface area (Å²) in [6, 6.07) is 1.16. The van der Waals surface area contributed by atoms with Crippen LogP contribution in [0.5, 0.6) is 0 Å². The average molecular weight is 340 g/mol. The molecule has 1 rings (SSSR count). The van der Waals surface area contributed by atoms with Gasteiger partial charge in [0.1, 0.15) is 0 Å². The van der Waals surface area contributed by atoms with Gasteiger partial charge in [-0.15, -0.1) is 0 Å². The van der Waals surface area contributed by atoms with E-state index in [9.17, 15) is 22.0 Å². The average Bonchev–Trinajstić information content (AvgIpc) is 2.40. The number of nitrogens with one attached hydrogen (secondary N) is 1. The van der Waals surface area contributed by atoms with Crippen LogP contribution in [0.4, 0.5) is 8.78 Å². The van der Waals surface area contributed by atoms with E-state index in [1.54, 1.807) is 0 Å². The van der Waals surface area contributed by atoms with Crippen molar-refractivity contribution in [2.24, 2.45) is 0 Å². The molecule has 0 radical (unpaired) electrons. The fourth-order valence-electron chi connectivity index (χ4n) is 1.72. The molecule has 0 spiro atoms. The molecule has 8 heteroatoms. The van der Waals surface area contributed by atoms with E-state index < -0.39 is 37.1 Å². The maximum absolute atomic E-state index is 13.6. The molecule has 0 bridgehead atoms. The van der Waals surface area contributed by atoms with Crippen molar-refractivity contribution >= 4 is 25.6 Å². The zero-order valence-corrected chi connectivity index (χ0v) is 13.0. The molecule has 0 saturated heterocycles. The zero-order chi connectivity index (χ0) is 16.0. The quantitative estimate of drug-likeness (QED) is 0.613. The van der Waals surface area contributed by atoms with Crippen molar-refractivity contribution in [2.45, 2.75) is 37.5 Å². The highest BCUT2D eigenvalue weighted by Gasteiger charge is 2.21. The van der Waals surface area contributed by atoms with Crippen molar-refractivity contribution < 1.29 is 22.0 Å². The molecule has 1 aromatic carbocycles. The third kappa shape index (κ3) is 5.24. The van der Waals surface area contributed by atoms with Gasteiger partial charge in [0.05, 0.1) is 10.5 Å². The van der Waals surface area contributed by atoms with Crippen LogP contribution in [-0.4, -0.2) is 20.9 Å². The third-order valence-electron chi connectivity index (χ3n) is 2.84. The lowest BCUT2D eigenvalue weighted by molar-refractivity contribution is 0.0947. The number of halogens is 3. The van der Waals surface area contributed by atoms with E-state index in [0.717, 1.165) is 25.3 Å². The maximum atomic E-state index is 13.6. The predicted molar refractivity (Wildman–Crippen MR) is 75.9 cm³/mol. The molecule has 118 valence electrons. The molecule has 1 N–H and O–H groups in total. The van der Waals surface area contributed by atoms with E-state index in [4.69, 9.17) is 10.7 Å². The van der Waals surface area contributed by atoms with E-state index >= 15 is 0 Å². The third-order valence-corrected chi connectivity index (χ3v) is 4.18. The Labute approximate surface area is 126 Å². The first-order valence-electron chi connectivity index (χ1n) is 6.49. The van der Waals surface area contributed by atoms with Gasteiger partial charge in [0.2, 0.25) is 0 Å². The van der Waals surface area contributed by atoms with Crippen molar-refractivity contribution in [1.29, 1.82) is 0 Å². The van der Waals surface area contributed by atoms with Crippen molar-refractivity contribution in [2.75, 3.05) is 6.54 Å². The molecule has 1 amide bonds. The minimum absolute atomic E-state index is 0.303. The molecule has 0 aliphatic rings. The number of hydrogen-bond donors (Lipinski definition) is 1. The predicted octanol–water partition coefficient (Wildman–Crippen LogP) is 3.20. The lowest BCUT2D eigenvalue weighted by atomic mass is 10.1. The molecule has 0 heterocycles. The summed E-state index contributed by atoms with van der Waals surface area (Å²) < 4.78 is 49.2. The van der Waals surface area contributed by atoms with Gasteiger partial charge in [0, 0.05) is 17.2 Å². The van der Waals surface area contributed by atoms with Gasteiger partial charge in [0.25, 0.3) is 15.0 Å². The SMILES string of the molecule is CCCCCCNC(=O)c1cc(S(=O)(=O)Cl)cc(F)c1F. The van der Waals surface area contributed by atoms with Crippen molar-refractivity contribution in [3.8, 4) is 0 Å².